The van der Waals surface area contributed by atoms with E-state index >= 15 is 0 Å². The quantitative estimate of drug-likeness (QED) is 0.777. The first-order valence-corrected chi connectivity index (χ1v) is 9.21. The Kier molecular flexibility index (Phi) is 4.13. The second-order valence-corrected chi connectivity index (χ2v) is 8.79. The van der Waals surface area contributed by atoms with Gasteiger partial charge in [-0.15, -0.1) is 0 Å². The van der Waals surface area contributed by atoms with E-state index in [1.54, 1.807) is 0 Å². The SMILES string of the molecule is COc1c(O)c2c(c(O)c1C(C)C)C(=O)CC1C(C)(C)C(=O)CCC21C. The van der Waals surface area contributed by atoms with Crippen molar-refractivity contribution in [2.75, 3.05) is 7.11 Å². The summed E-state index contributed by atoms with van der Waals surface area (Å²) in [4.78, 5) is 25.5. The molecule has 0 spiro atoms. The summed E-state index contributed by atoms with van der Waals surface area (Å²) >= 11 is 0. The Morgan fingerprint density at radius 2 is 1.73 bits per heavy atom. The highest BCUT2D eigenvalue weighted by molar-refractivity contribution is 6.05. The van der Waals surface area contributed by atoms with Crippen LogP contribution in [0.3, 0.4) is 0 Å². The smallest absolute Gasteiger partial charge is 0.167 e. The van der Waals surface area contributed by atoms with Gasteiger partial charge in [-0.05, 0) is 18.3 Å². The molecule has 2 unspecified atom stereocenters. The van der Waals surface area contributed by atoms with Crippen molar-refractivity contribution in [2.24, 2.45) is 11.3 Å². The molecule has 2 atom stereocenters. The first kappa shape index (κ1) is 18.7. The molecule has 0 heterocycles. The van der Waals surface area contributed by atoms with Crippen LogP contribution in [0.1, 0.15) is 81.3 Å². The van der Waals surface area contributed by atoms with E-state index in [-0.39, 0.29) is 52.6 Å². The zero-order chi connectivity index (χ0) is 19.6. The number of phenolic OH excluding ortho intramolecular Hbond substituents is 2. The molecule has 142 valence electrons. The number of hydrogen-bond acceptors (Lipinski definition) is 5. The standard InChI is InChI=1S/C21H28O5/c1-10(2)14-17(24)15-11(22)9-12-20(3,4)13(23)7-8-21(12,5)16(15)18(25)19(14)26-6/h10,12,24-25H,7-9H2,1-6H3. The highest BCUT2D eigenvalue weighted by atomic mass is 16.5. The van der Waals surface area contributed by atoms with Crippen LogP contribution in [-0.4, -0.2) is 28.9 Å². The second-order valence-electron chi connectivity index (χ2n) is 8.79. The van der Waals surface area contributed by atoms with Crippen molar-refractivity contribution in [1.29, 1.82) is 0 Å². The first-order valence-electron chi connectivity index (χ1n) is 9.21. The maximum atomic E-state index is 13.0. The van der Waals surface area contributed by atoms with E-state index in [9.17, 15) is 19.8 Å². The molecule has 5 heteroatoms. The fraction of sp³-hybridized carbons (Fsp3) is 0.619. The van der Waals surface area contributed by atoms with Crippen LogP contribution in [-0.2, 0) is 10.2 Å². The molecule has 26 heavy (non-hydrogen) atoms. The van der Waals surface area contributed by atoms with E-state index in [2.05, 4.69) is 0 Å². The molecule has 1 fully saturated rings. The molecule has 5 nitrogen and oxygen atoms in total. The van der Waals surface area contributed by atoms with Gasteiger partial charge in [-0.2, -0.15) is 0 Å². The van der Waals surface area contributed by atoms with Gasteiger partial charge in [0, 0.05) is 34.8 Å². The minimum atomic E-state index is -0.660. The van der Waals surface area contributed by atoms with Crippen LogP contribution >= 0.6 is 0 Å². The Morgan fingerprint density at radius 3 is 2.27 bits per heavy atom. The predicted molar refractivity (Wildman–Crippen MR) is 98.2 cm³/mol. The molecule has 0 aliphatic heterocycles. The predicted octanol–water partition coefficient (Wildman–Crippen LogP) is 4.08. The molecule has 0 bridgehead atoms. The van der Waals surface area contributed by atoms with Crippen molar-refractivity contribution >= 4 is 11.6 Å². The van der Waals surface area contributed by atoms with Crippen molar-refractivity contribution in [3.63, 3.8) is 0 Å². The van der Waals surface area contributed by atoms with Gasteiger partial charge in [-0.3, -0.25) is 9.59 Å². The second kappa shape index (κ2) is 5.73. The van der Waals surface area contributed by atoms with Gasteiger partial charge in [-0.25, -0.2) is 0 Å². The maximum Gasteiger partial charge on any atom is 0.167 e. The Balaban J connectivity index is 2.38. The lowest BCUT2D eigenvalue weighted by molar-refractivity contribution is -0.136. The van der Waals surface area contributed by atoms with E-state index in [1.165, 1.54) is 7.11 Å². The molecule has 0 aromatic heterocycles. The average Bonchev–Trinajstić information content (AvgIpc) is 2.55. The number of aromatic hydroxyl groups is 2. The van der Waals surface area contributed by atoms with Crippen molar-refractivity contribution in [3.8, 4) is 17.2 Å². The van der Waals surface area contributed by atoms with E-state index in [4.69, 9.17) is 4.74 Å². The molecule has 0 radical (unpaired) electrons. The summed E-state index contributed by atoms with van der Waals surface area (Å²) < 4.78 is 5.43. The van der Waals surface area contributed by atoms with Crippen molar-refractivity contribution in [3.05, 3.63) is 16.7 Å². The third-order valence-corrected chi connectivity index (χ3v) is 6.69. The number of methoxy groups -OCH3 is 1. The van der Waals surface area contributed by atoms with Gasteiger partial charge < -0.3 is 14.9 Å². The average molecular weight is 360 g/mol. The fourth-order valence-electron chi connectivity index (χ4n) is 5.22. The van der Waals surface area contributed by atoms with Gasteiger partial charge in [0.2, 0.25) is 0 Å². The molecule has 2 N–H and O–H groups in total. The van der Waals surface area contributed by atoms with Gasteiger partial charge in [0.05, 0.1) is 12.7 Å². The van der Waals surface area contributed by atoms with E-state index in [0.29, 0.717) is 24.0 Å². The largest absolute Gasteiger partial charge is 0.507 e. The van der Waals surface area contributed by atoms with Crippen LogP contribution in [0.4, 0.5) is 0 Å². The van der Waals surface area contributed by atoms with Gasteiger partial charge in [-0.1, -0.05) is 34.6 Å². The highest BCUT2D eigenvalue weighted by Crippen LogP contribution is 2.61. The molecular weight excluding hydrogens is 332 g/mol. The number of hydrogen-bond donors (Lipinski definition) is 2. The molecule has 1 aromatic carbocycles. The third kappa shape index (κ3) is 2.22. The lowest BCUT2D eigenvalue weighted by Crippen LogP contribution is -2.53. The normalized spacial score (nSPS) is 27.3. The first-order chi connectivity index (χ1) is 12.0. The number of phenols is 2. The number of Topliss-reactive ketones (excluding diaryl/α,β-unsaturated/α-hetero) is 2. The molecule has 0 amide bonds. The van der Waals surface area contributed by atoms with Crippen LogP contribution in [0.15, 0.2) is 0 Å². The Hall–Kier alpha value is -2.04. The fourth-order valence-corrected chi connectivity index (χ4v) is 5.22. The zero-order valence-electron chi connectivity index (χ0n) is 16.4. The topological polar surface area (TPSA) is 83.8 Å². The van der Waals surface area contributed by atoms with Gasteiger partial charge in [0.25, 0.3) is 0 Å². The van der Waals surface area contributed by atoms with E-state index in [1.807, 2.05) is 34.6 Å². The Bertz CT molecular complexity index is 805. The van der Waals surface area contributed by atoms with Crippen LogP contribution < -0.4 is 4.74 Å². The van der Waals surface area contributed by atoms with Gasteiger partial charge >= 0.3 is 0 Å². The lowest BCUT2D eigenvalue weighted by atomic mass is 9.49. The van der Waals surface area contributed by atoms with Crippen molar-refractivity contribution in [1.82, 2.24) is 0 Å². The number of carbonyl (C=O) groups excluding carboxylic acids is 2. The number of carbonyl (C=O) groups is 2. The maximum absolute atomic E-state index is 13.0. The summed E-state index contributed by atoms with van der Waals surface area (Å²) in [6, 6.07) is 0. The Labute approximate surface area is 154 Å². The number of rotatable bonds is 2. The summed E-state index contributed by atoms with van der Waals surface area (Å²) in [5, 5.41) is 22.0. The molecular formula is C21H28O5. The number of ketones is 2. The number of benzene rings is 1. The lowest BCUT2D eigenvalue weighted by Gasteiger charge is -2.52. The summed E-state index contributed by atoms with van der Waals surface area (Å²) in [5.41, 5.74) is -0.142. The van der Waals surface area contributed by atoms with Gasteiger partial charge in [0.15, 0.2) is 17.3 Å². The minimum Gasteiger partial charge on any atom is -0.507 e. The van der Waals surface area contributed by atoms with Crippen molar-refractivity contribution < 1.29 is 24.5 Å². The van der Waals surface area contributed by atoms with Crippen LogP contribution in [0.5, 0.6) is 17.2 Å². The molecule has 3 rings (SSSR count). The zero-order valence-corrected chi connectivity index (χ0v) is 16.4. The number of ether oxygens (including phenoxy) is 1. The summed E-state index contributed by atoms with van der Waals surface area (Å²) in [7, 11) is 1.45. The molecule has 2 aliphatic carbocycles. The van der Waals surface area contributed by atoms with Crippen LogP contribution in [0.25, 0.3) is 0 Å². The summed E-state index contributed by atoms with van der Waals surface area (Å²) in [5.74, 6) is -0.368. The van der Waals surface area contributed by atoms with Crippen LogP contribution in [0, 0.1) is 11.3 Å². The molecule has 2 aliphatic rings. The molecule has 1 aromatic rings. The number of fused-ring (bicyclic) bond motifs is 3. The Morgan fingerprint density at radius 1 is 1.12 bits per heavy atom. The third-order valence-electron chi connectivity index (χ3n) is 6.69. The molecule has 1 saturated carbocycles. The monoisotopic (exact) mass is 360 g/mol. The van der Waals surface area contributed by atoms with Gasteiger partial charge in [0.1, 0.15) is 11.5 Å². The minimum absolute atomic E-state index is 0.0744. The summed E-state index contributed by atoms with van der Waals surface area (Å²) in [6.45, 7) is 9.51. The van der Waals surface area contributed by atoms with E-state index in [0.717, 1.165) is 0 Å². The van der Waals surface area contributed by atoms with E-state index < -0.39 is 10.8 Å². The van der Waals surface area contributed by atoms with Crippen LogP contribution in [0.2, 0.25) is 0 Å². The van der Waals surface area contributed by atoms with Crippen molar-refractivity contribution in [2.45, 2.75) is 65.2 Å². The summed E-state index contributed by atoms with van der Waals surface area (Å²) in [6.07, 6.45) is 1.12. The molecule has 0 saturated heterocycles. The highest BCUT2D eigenvalue weighted by Gasteiger charge is 2.57.